The molecular formula is C14H18F3N3O3. The molecule has 2 aliphatic carbocycles. The average molecular weight is 333 g/mol. The molecule has 0 amide bonds. The molecule has 4 aliphatic rings. The quantitative estimate of drug-likeness (QED) is 0.914. The molecule has 1 aromatic heterocycles. The van der Waals surface area contributed by atoms with Gasteiger partial charge >= 0.3 is 6.36 Å². The lowest BCUT2D eigenvalue weighted by molar-refractivity contribution is -0.352. The van der Waals surface area contributed by atoms with Gasteiger partial charge in [-0.25, -0.2) is 0 Å². The predicted octanol–water partition coefficient (Wildman–Crippen LogP) is 2.35. The maximum absolute atomic E-state index is 12.1. The van der Waals surface area contributed by atoms with Gasteiger partial charge in [0, 0.05) is 11.5 Å². The van der Waals surface area contributed by atoms with Crippen molar-refractivity contribution < 1.29 is 27.1 Å². The summed E-state index contributed by atoms with van der Waals surface area (Å²) in [7, 11) is 0. The van der Waals surface area contributed by atoms with Crippen molar-refractivity contribution in [3.8, 4) is 0 Å². The highest BCUT2D eigenvalue weighted by atomic mass is 19.4. The highest BCUT2D eigenvalue weighted by Crippen LogP contribution is 2.49. The van der Waals surface area contributed by atoms with E-state index in [1.165, 1.54) is 0 Å². The second kappa shape index (κ2) is 4.90. The van der Waals surface area contributed by atoms with E-state index in [-0.39, 0.29) is 24.3 Å². The van der Waals surface area contributed by atoms with E-state index >= 15 is 0 Å². The van der Waals surface area contributed by atoms with Gasteiger partial charge in [-0.3, -0.25) is 4.74 Å². The minimum Gasteiger partial charge on any atom is -0.422 e. The predicted molar refractivity (Wildman–Crippen MR) is 70.2 cm³/mol. The molecule has 128 valence electrons. The van der Waals surface area contributed by atoms with Crippen LogP contribution in [-0.4, -0.2) is 34.8 Å². The van der Waals surface area contributed by atoms with Gasteiger partial charge in [-0.2, -0.15) is 0 Å². The monoisotopic (exact) mass is 333 g/mol. The molecule has 3 heterocycles. The Morgan fingerprint density at radius 3 is 2.39 bits per heavy atom. The van der Waals surface area contributed by atoms with Gasteiger partial charge in [-0.15, -0.1) is 23.4 Å². The first-order chi connectivity index (χ1) is 10.8. The van der Waals surface area contributed by atoms with Gasteiger partial charge in [0.05, 0.1) is 12.7 Å². The maximum atomic E-state index is 12.1. The molecule has 23 heavy (non-hydrogen) atoms. The third-order valence-electron chi connectivity index (χ3n) is 5.26. The lowest BCUT2D eigenvalue weighted by atomic mass is 9.71. The summed E-state index contributed by atoms with van der Waals surface area (Å²) in [6.07, 6.45) is -1.80. The van der Waals surface area contributed by atoms with Crippen molar-refractivity contribution in [3.63, 3.8) is 0 Å². The zero-order valence-corrected chi connectivity index (χ0v) is 12.4. The Morgan fingerprint density at radius 1 is 1.13 bits per heavy atom. The first-order valence-corrected chi connectivity index (χ1v) is 7.78. The molecule has 2 N–H and O–H groups in total. The van der Waals surface area contributed by atoms with Crippen LogP contribution in [0.4, 0.5) is 13.2 Å². The fourth-order valence-corrected chi connectivity index (χ4v) is 3.63. The highest BCUT2D eigenvalue weighted by molar-refractivity contribution is 5.11. The summed E-state index contributed by atoms with van der Waals surface area (Å²) < 4.78 is 52.0. The molecule has 2 bridgehead atoms. The lowest BCUT2D eigenvalue weighted by Gasteiger charge is -2.49. The van der Waals surface area contributed by atoms with Crippen LogP contribution in [0, 0.1) is 0 Å². The number of alkyl halides is 3. The molecule has 5 rings (SSSR count). The topological polar surface area (TPSA) is 83.4 Å². The van der Waals surface area contributed by atoms with Crippen LogP contribution in [0.2, 0.25) is 0 Å². The zero-order valence-electron chi connectivity index (χ0n) is 12.4. The lowest BCUT2D eigenvalue weighted by Crippen LogP contribution is -2.58. The van der Waals surface area contributed by atoms with E-state index in [1.807, 2.05) is 0 Å². The molecule has 9 heteroatoms. The SMILES string of the molecule is NC12CCC(c3nnc([C@H]4C[C@@H](OC(F)(F)F)C4)o3)(CC1)OC2. The van der Waals surface area contributed by atoms with Crippen LogP contribution >= 0.6 is 0 Å². The van der Waals surface area contributed by atoms with Crippen molar-refractivity contribution in [2.75, 3.05) is 6.61 Å². The summed E-state index contributed by atoms with van der Waals surface area (Å²) in [5.74, 6) is 0.616. The Labute approximate surface area is 130 Å². The summed E-state index contributed by atoms with van der Waals surface area (Å²) in [4.78, 5) is 0. The number of nitrogens with two attached hydrogens (primary N) is 1. The Bertz CT molecular complexity index is 573. The normalized spacial score (nSPS) is 40.2. The molecule has 0 unspecified atom stereocenters. The van der Waals surface area contributed by atoms with Gasteiger partial charge in [0.1, 0.15) is 5.60 Å². The molecule has 0 radical (unpaired) electrons. The third kappa shape index (κ3) is 2.74. The number of aromatic nitrogens is 2. The minimum atomic E-state index is -4.60. The van der Waals surface area contributed by atoms with E-state index < -0.39 is 18.1 Å². The van der Waals surface area contributed by atoms with Crippen LogP contribution in [0.25, 0.3) is 0 Å². The first kappa shape index (κ1) is 15.3. The van der Waals surface area contributed by atoms with Crippen molar-refractivity contribution in [1.82, 2.24) is 10.2 Å². The maximum Gasteiger partial charge on any atom is 0.522 e. The minimum absolute atomic E-state index is 0.180. The number of rotatable bonds is 3. The molecule has 2 saturated carbocycles. The summed E-state index contributed by atoms with van der Waals surface area (Å²) in [5, 5.41) is 8.09. The molecule has 1 aromatic rings. The van der Waals surface area contributed by atoms with Crippen molar-refractivity contribution in [1.29, 1.82) is 0 Å². The third-order valence-corrected chi connectivity index (χ3v) is 5.26. The molecule has 6 nitrogen and oxygen atoms in total. The van der Waals surface area contributed by atoms with E-state index in [9.17, 15) is 13.2 Å². The summed E-state index contributed by atoms with van der Waals surface area (Å²) in [6, 6.07) is 0. The molecular weight excluding hydrogens is 315 g/mol. The van der Waals surface area contributed by atoms with E-state index in [1.54, 1.807) is 0 Å². The summed E-state index contributed by atoms with van der Waals surface area (Å²) >= 11 is 0. The molecule has 0 spiro atoms. The smallest absolute Gasteiger partial charge is 0.422 e. The van der Waals surface area contributed by atoms with Crippen LogP contribution in [0.5, 0.6) is 0 Å². The van der Waals surface area contributed by atoms with Gasteiger partial charge < -0.3 is 14.9 Å². The van der Waals surface area contributed by atoms with Gasteiger partial charge in [0.25, 0.3) is 0 Å². The Hall–Kier alpha value is -1.19. The van der Waals surface area contributed by atoms with E-state index in [2.05, 4.69) is 14.9 Å². The van der Waals surface area contributed by atoms with Crippen LogP contribution < -0.4 is 5.73 Å². The Balaban J connectivity index is 1.41. The van der Waals surface area contributed by atoms with E-state index in [0.29, 0.717) is 18.4 Å². The standard InChI is InChI=1S/C14H18F3N3O3/c15-14(16,17)23-9-5-8(6-9)10-19-20-11(22-10)13-3-1-12(18,2-4-13)7-21-13/h8-9H,1-7,18H2/t8-,9+,12?,13?. The average Bonchev–Trinajstić information content (AvgIpc) is 2.93. The van der Waals surface area contributed by atoms with Crippen LogP contribution in [0.15, 0.2) is 4.42 Å². The van der Waals surface area contributed by atoms with E-state index in [0.717, 1.165) is 25.7 Å². The Kier molecular flexibility index (Phi) is 3.27. The summed E-state index contributed by atoms with van der Waals surface area (Å²) in [6.45, 7) is 0.468. The van der Waals surface area contributed by atoms with Crippen molar-refractivity contribution in [3.05, 3.63) is 11.8 Å². The van der Waals surface area contributed by atoms with Crippen LogP contribution in [0.1, 0.15) is 56.2 Å². The number of halogens is 3. The van der Waals surface area contributed by atoms with Crippen LogP contribution in [0.3, 0.4) is 0 Å². The zero-order chi connectivity index (χ0) is 16.3. The van der Waals surface area contributed by atoms with Crippen molar-refractivity contribution in [2.45, 2.75) is 68.0 Å². The van der Waals surface area contributed by atoms with Crippen molar-refractivity contribution in [2.24, 2.45) is 5.73 Å². The molecule has 2 aliphatic heterocycles. The number of ether oxygens (including phenoxy) is 2. The molecule has 0 aromatic carbocycles. The van der Waals surface area contributed by atoms with Gasteiger partial charge in [-0.05, 0) is 38.5 Å². The van der Waals surface area contributed by atoms with Crippen molar-refractivity contribution >= 4 is 0 Å². The second-order valence-electron chi connectivity index (χ2n) is 6.94. The van der Waals surface area contributed by atoms with Gasteiger partial charge in [-0.1, -0.05) is 0 Å². The number of fused-ring (bicyclic) bond motifs is 3. The Morgan fingerprint density at radius 2 is 1.83 bits per heavy atom. The molecule has 0 atom stereocenters. The number of nitrogens with zero attached hydrogens (tertiary/aromatic N) is 2. The van der Waals surface area contributed by atoms with E-state index in [4.69, 9.17) is 14.9 Å². The fraction of sp³-hybridized carbons (Fsp3) is 0.857. The largest absolute Gasteiger partial charge is 0.522 e. The molecule has 4 fully saturated rings. The number of hydrogen-bond donors (Lipinski definition) is 1. The first-order valence-electron chi connectivity index (χ1n) is 7.78. The summed E-state index contributed by atoms with van der Waals surface area (Å²) in [5.41, 5.74) is 5.36. The fourth-order valence-electron chi connectivity index (χ4n) is 3.63. The van der Waals surface area contributed by atoms with Gasteiger partial charge in [0.2, 0.25) is 11.8 Å². The van der Waals surface area contributed by atoms with Gasteiger partial charge in [0.15, 0.2) is 0 Å². The van der Waals surface area contributed by atoms with Crippen LogP contribution in [-0.2, 0) is 15.1 Å². The highest BCUT2D eigenvalue weighted by Gasteiger charge is 2.52. The molecule has 2 saturated heterocycles. The second-order valence-corrected chi connectivity index (χ2v) is 6.94. The number of hydrogen-bond acceptors (Lipinski definition) is 6.